The number of hydrogen-bond acceptors (Lipinski definition) is 5. The van der Waals surface area contributed by atoms with Crippen molar-refractivity contribution in [3.05, 3.63) is 88.0 Å². The summed E-state index contributed by atoms with van der Waals surface area (Å²) in [7, 11) is 0. The molecule has 224 valence electrons. The van der Waals surface area contributed by atoms with E-state index in [1.807, 2.05) is 26.8 Å². The molecule has 0 atom stereocenters. The molecule has 1 saturated heterocycles. The molecule has 2 N–H and O–H groups in total. The van der Waals surface area contributed by atoms with Crippen LogP contribution in [0, 0.1) is 6.92 Å². The molecular formula is C36H41N3O4. The van der Waals surface area contributed by atoms with Gasteiger partial charge in [0.15, 0.2) is 0 Å². The van der Waals surface area contributed by atoms with Crippen molar-refractivity contribution in [2.45, 2.75) is 52.7 Å². The van der Waals surface area contributed by atoms with E-state index in [-0.39, 0.29) is 6.09 Å². The van der Waals surface area contributed by atoms with Crippen molar-refractivity contribution in [1.82, 2.24) is 9.80 Å². The number of primary amides is 1. The number of nitrogens with zero attached hydrogens (tertiary/aromatic N) is 2. The van der Waals surface area contributed by atoms with Gasteiger partial charge in [-0.25, -0.2) is 4.79 Å². The second kappa shape index (κ2) is 11.6. The minimum absolute atomic E-state index is 0.274. The summed E-state index contributed by atoms with van der Waals surface area (Å²) in [5.41, 5.74) is 17.5. The number of benzene rings is 3. The molecular weight excluding hydrogens is 538 g/mol. The lowest BCUT2D eigenvalue weighted by molar-refractivity contribution is 0.0270. The number of morpholine rings is 1. The first kappa shape index (κ1) is 29.1. The van der Waals surface area contributed by atoms with E-state index in [4.69, 9.17) is 15.2 Å². The van der Waals surface area contributed by atoms with Crippen LogP contribution in [0.5, 0.6) is 0 Å². The summed E-state index contributed by atoms with van der Waals surface area (Å²) < 4.78 is 11.0. The second-order valence-electron chi connectivity index (χ2n) is 12.9. The number of rotatable bonds is 5. The summed E-state index contributed by atoms with van der Waals surface area (Å²) in [6.45, 7) is 13.4. The van der Waals surface area contributed by atoms with E-state index in [1.54, 1.807) is 4.90 Å². The molecule has 2 aliphatic heterocycles. The van der Waals surface area contributed by atoms with Crippen LogP contribution in [-0.2, 0) is 22.4 Å². The minimum Gasteiger partial charge on any atom is -0.444 e. The van der Waals surface area contributed by atoms with Gasteiger partial charge in [0.25, 0.3) is 0 Å². The molecule has 7 nitrogen and oxygen atoms in total. The first-order valence-electron chi connectivity index (χ1n) is 15.2. The van der Waals surface area contributed by atoms with E-state index in [1.165, 1.54) is 22.3 Å². The maximum atomic E-state index is 12.7. The summed E-state index contributed by atoms with van der Waals surface area (Å²) >= 11 is 0. The van der Waals surface area contributed by atoms with E-state index in [0.717, 1.165) is 72.6 Å². The minimum atomic E-state index is -0.509. The first-order valence-corrected chi connectivity index (χ1v) is 15.2. The summed E-state index contributed by atoms with van der Waals surface area (Å²) in [5.74, 6) is -0.399. The number of ether oxygens (including phenoxy) is 2. The van der Waals surface area contributed by atoms with Crippen LogP contribution in [0.1, 0.15) is 65.4 Å². The monoisotopic (exact) mass is 579 g/mol. The summed E-state index contributed by atoms with van der Waals surface area (Å²) in [5, 5.41) is 0. The van der Waals surface area contributed by atoms with Gasteiger partial charge in [-0.05, 0) is 108 Å². The average molecular weight is 580 g/mol. The SMILES string of the molecule is Cc1cc(-c2cc(C(N)=O)c3c(c2)-c2ccc(C4=CCN(C(=O)OC(C)(C)C)CC4)cc2C3)ccc1CN1CCOCC1. The summed E-state index contributed by atoms with van der Waals surface area (Å²) in [6, 6.07) is 17.3. The maximum absolute atomic E-state index is 12.7. The van der Waals surface area contributed by atoms with Crippen LogP contribution < -0.4 is 5.73 Å². The molecule has 6 rings (SSSR count). The fourth-order valence-electron chi connectivity index (χ4n) is 6.36. The van der Waals surface area contributed by atoms with Gasteiger partial charge in [-0.2, -0.15) is 0 Å². The lowest BCUT2D eigenvalue weighted by Gasteiger charge is -2.29. The van der Waals surface area contributed by atoms with Crippen molar-refractivity contribution < 1.29 is 19.1 Å². The Morgan fingerprint density at radius 3 is 2.37 bits per heavy atom. The molecule has 0 bridgehead atoms. The highest BCUT2D eigenvalue weighted by Crippen LogP contribution is 2.42. The van der Waals surface area contributed by atoms with Gasteiger partial charge in [-0.3, -0.25) is 9.69 Å². The van der Waals surface area contributed by atoms with E-state index in [2.05, 4.69) is 60.4 Å². The molecule has 1 fully saturated rings. The van der Waals surface area contributed by atoms with Gasteiger partial charge < -0.3 is 20.1 Å². The Balaban J connectivity index is 1.25. The molecule has 7 heteroatoms. The highest BCUT2D eigenvalue weighted by atomic mass is 16.6. The zero-order chi connectivity index (χ0) is 30.3. The van der Waals surface area contributed by atoms with Crippen LogP contribution in [0.4, 0.5) is 4.79 Å². The normalized spacial score (nSPS) is 16.8. The molecule has 3 aromatic carbocycles. The summed E-state index contributed by atoms with van der Waals surface area (Å²) in [6.07, 6.45) is 3.29. The Labute approximate surface area is 254 Å². The van der Waals surface area contributed by atoms with E-state index in [9.17, 15) is 9.59 Å². The third-order valence-electron chi connectivity index (χ3n) is 8.68. The highest BCUT2D eigenvalue weighted by molar-refractivity contribution is 6.00. The summed E-state index contributed by atoms with van der Waals surface area (Å²) in [4.78, 5) is 29.4. The highest BCUT2D eigenvalue weighted by Gasteiger charge is 2.27. The number of nitrogens with two attached hydrogens (primary N) is 1. The molecule has 0 spiro atoms. The van der Waals surface area contributed by atoms with E-state index < -0.39 is 11.5 Å². The predicted molar refractivity (Wildman–Crippen MR) is 170 cm³/mol. The number of carbonyl (C=O) groups is 2. The van der Waals surface area contributed by atoms with Crippen LogP contribution in [0.2, 0.25) is 0 Å². The third-order valence-corrected chi connectivity index (χ3v) is 8.68. The number of aryl methyl sites for hydroxylation is 1. The molecule has 0 saturated carbocycles. The topological polar surface area (TPSA) is 85.1 Å². The van der Waals surface area contributed by atoms with Crippen molar-refractivity contribution >= 4 is 17.6 Å². The number of hydrogen-bond donors (Lipinski definition) is 1. The number of carbonyl (C=O) groups excluding carboxylic acids is 2. The lowest BCUT2D eigenvalue weighted by Crippen LogP contribution is -2.39. The molecule has 0 radical (unpaired) electrons. The molecule has 43 heavy (non-hydrogen) atoms. The van der Waals surface area contributed by atoms with E-state index in [0.29, 0.717) is 25.1 Å². The van der Waals surface area contributed by atoms with Gasteiger partial charge in [0.05, 0.1) is 13.2 Å². The average Bonchev–Trinajstić information content (AvgIpc) is 3.35. The molecule has 3 aromatic rings. The Morgan fingerprint density at radius 1 is 0.930 bits per heavy atom. The van der Waals surface area contributed by atoms with Gasteiger partial charge >= 0.3 is 6.09 Å². The lowest BCUT2D eigenvalue weighted by atomic mass is 9.92. The molecule has 0 aromatic heterocycles. The quantitative estimate of drug-likeness (QED) is 0.305. The van der Waals surface area contributed by atoms with Gasteiger partial charge in [0.1, 0.15) is 5.60 Å². The van der Waals surface area contributed by atoms with Crippen molar-refractivity contribution in [2.75, 3.05) is 39.4 Å². The van der Waals surface area contributed by atoms with Gasteiger partial charge in [0, 0.05) is 38.3 Å². The molecule has 1 aliphatic carbocycles. The van der Waals surface area contributed by atoms with Crippen molar-refractivity contribution in [3.8, 4) is 22.3 Å². The Kier molecular flexibility index (Phi) is 7.88. The Hall–Kier alpha value is -3.94. The van der Waals surface area contributed by atoms with Gasteiger partial charge in [0.2, 0.25) is 5.91 Å². The molecule has 3 aliphatic rings. The van der Waals surface area contributed by atoms with Gasteiger partial charge in [-0.15, -0.1) is 0 Å². The Morgan fingerprint density at radius 2 is 1.70 bits per heavy atom. The predicted octanol–water partition coefficient (Wildman–Crippen LogP) is 6.19. The van der Waals surface area contributed by atoms with Crippen LogP contribution in [0.15, 0.2) is 54.6 Å². The smallest absolute Gasteiger partial charge is 0.410 e. The van der Waals surface area contributed by atoms with Crippen molar-refractivity contribution in [3.63, 3.8) is 0 Å². The first-order chi connectivity index (χ1) is 20.6. The Bertz CT molecular complexity index is 1610. The van der Waals surface area contributed by atoms with Crippen molar-refractivity contribution in [1.29, 1.82) is 0 Å². The molecule has 2 amide bonds. The largest absolute Gasteiger partial charge is 0.444 e. The van der Waals surface area contributed by atoms with Gasteiger partial charge in [-0.1, -0.05) is 42.5 Å². The standard InChI is InChI=1S/C36H41N3O4/c1-23-17-25(5-6-27(23)22-38-13-15-42-16-14-38)28-19-31-30-8-7-26(18-29(30)21-32(31)33(20-28)34(37)40)24-9-11-39(12-10-24)35(41)43-36(2,3)4/h5-9,17-20H,10-16,21-22H2,1-4H3,(H2,37,40). The van der Waals surface area contributed by atoms with Crippen molar-refractivity contribution in [2.24, 2.45) is 5.73 Å². The zero-order valence-corrected chi connectivity index (χ0v) is 25.7. The fourth-order valence-corrected chi connectivity index (χ4v) is 6.36. The van der Waals surface area contributed by atoms with E-state index >= 15 is 0 Å². The van der Waals surface area contributed by atoms with Crippen LogP contribution in [0.25, 0.3) is 27.8 Å². The fraction of sp³-hybridized carbons (Fsp3) is 0.389. The number of amides is 2. The third kappa shape index (κ3) is 6.24. The second-order valence-corrected chi connectivity index (χ2v) is 12.9. The molecule has 0 unspecified atom stereocenters. The van der Waals surface area contributed by atoms with Crippen LogP contribution in [-0.4, -0.2) is 66.8 Å². The zero-order valence-electron chi connectivity index (χ0n) is 25.7. The van der Waals surface area contributed by atoms with Crippen LogP contribution in [0.3, 0.4) is 0 Å². The van der Waals surface area contributed by atoms with Crippen LogP contribution >= 0.6 is 0 Å². The maximum Gasteiger partial charge on any atom is 0.410 e. The number of fused-ring (bicyclic) bond motifs is 3. The molecule has 2 heterocycles.